The second-order valence-electron chi connectivity index (χ2n) is 5.90. The van der Waals surface area contributed by atoms with Gasteiger partial charge in [0.2, 0.25) is 0 Å². The van der Waals surface area contributed by atoms with Crippen molar-refractivity contribution in [3.63, 3.8) is 0 Å². The third-order valence-electron chi connectivity index (χ3n) is 2.84. The zero-order valence-electron chi connectivity index (χ0n) is 12.1. The quantitative estimate of drug-likeness (QED) is 0.789. The minimum Gasteiger partial charge on any atom is -0.598 e. The summed E-state index contributed by atoms with van der Waals surface area (Å²) in [4.78, 5) is 11.2. The Morgan fingerprint density at radius 3 is 2.45 bits per heavy atom. The summed E-state index contributed by atoms with van der Waals surface area (Å²) in [6.07, 6.45) is -0.148. The third-order valence-corrected chi connectivity index (χ3v) is 5.08. The number of hydrogen-bond donors (Lipinski definition) is 2. The van der Waals surface area contributed by atoms with Crippen LogP contribution in [0.2, 0.25) is 0 Å². The van der Waals surface area contributed by atoms with E-state index >= 15 is 0 Å². The normalized spacial score (nSPS) is 16.5. The predicted octanol–water partition coefficient (Wildman–Crippen LogP) is 3.19. The largest absolute Gasteiger partial charge is 0.598 e. The number of carboxylic acid groups (broad SMARTS) is 1. The fourth-order valence-corrected chi connectivity index (χ4v) is 2.99. The molecule has 20 heavy (non-hydrogen) atoms. The summed E-state index contributed by atoms with van der Waals surface area (Å²) in [6, 6.07) is 7.38. The van der Waals surface area contributed by atoms with Gasteiger partial charge in [-0.3, -0.25) is 4.79 Å². The molecule has 0 aliphatic rings. The van der Waals surface area contributed by atoms with Gasteiger partial charge in [-0.15, -0.1) is 4.72 Å². The van der Waals surface area contributed by atoms with Crippen LogP contribution in [0.15, 0.2) is 28.7 Å². The molecule has 112 valence electrons. The van der Waals surface area contributed by atoms with Crippen LogP contribution in [0.25, 0.3) is 0 Å². The zero-order chi connectivity index (χ0) is 15.6. The molecule has 0 aliphatic carbocycles. The van der Waals surface area contributed by atoms with E-state index in [-0.39, 0.29) is 6.42 Å². The first kappa shape index (κ1) is 17.5. The average Bonchev–Trinajstić information content (AvgIpc) is 2.26. The van der Waals surface area contributed by atoms with Crippen LogP contribution >= 0.6 is 15.9 Å². The van der Waals surface area contributed by atoms with E-state index in [0.29, 0.717) is 0 Å². The minimum atomic E-state index is -1.36. The lowest BCUT2D eigenvalue weighted by Crippen LogP contribution is -2.50. The highest BCUT2D eigenvalue weighted by Crippen LogP contribution is 2.30. The standard InChI is InChI=1S/C14H20BrNO3S/c1-13(2,3)20(19)16-14(4,9-12(17)18)10-6-5-7-11(15)8-10/h5-8,16H,9H2,1-4H3,(H,17,18)/t14-,20+/m0/s1. The molecule has 2 atom stereocenters. The van der Waals surface area contributed by atoms with Crippen LogP contribution in [0.1, 0.15) is 39.7 Å². The van der Waals surface area contributed by atoms with Gasteiger partial charge >= 0.3 is 5.97 Å². The van der Waals surface area contributed by atoms with Gasteiger partial charge in [-0.05, 0) is 45.4 Å². The first-order valence-corrected chi connectivity index (χ1v) is 8.16. The maximum absolute atomic E-state index is 12.3. The minimum absolute atomic E-state index is 0.148. The summed E-state index contributed by atoms with van der Waals surface area (Å²) in [5, 5.41) is 9.14. The Hall–Kier alpha value is -0.560. The van der Waals surface area contributed by atoms with Crippen LogP contribution in [0.5, 0.6) is 0 Å². The smallest absolute Gasteiger partial charge is 0.305 e. The number of carboxylic acids is 1. The highest BCUT2D eigenvalue weighted by molar-refractivity contribution is 9.10. The molecule has 0 saturated carbocycles. The van der Waals surface area contributed by atoms with Gasteiger partial charge in [-0.2, -0.15) is 0 Å². The summed E-state index contributed by atoms with van der Waals surface area (Å²) in [7, 11) is 0. The van der Waals surface area contributed by atoms with Crippen molar-refractivity contribution in [2.75, 3.05) is 0 Å². The SMILES string of the molecule is CC(C)(C)[S@@+]([O-])N[C@@](C)(CC(=O)O)c1cccc(Br)c1. The lowest BCUT2D eigenvalue weighted by Gasteiger charge is -2.34. The number of rotatable bonds is 5. The summed E-state index contributed by atoms with van der Waals surface area (Å²) in [5.74, 6) is -0.939. The lowest BCUT2D eigenvalue weighted by molar-refractivity contribution is -0.138. The molecule has 0 saturated heterocycles. The van der Waals surface area contributed by atoms with Crippen molar-refractivity contribution in [1.82, 2.24) is 4.72 Å². The van der Waals surface area contributed by atoms with Gasteiger partial charge in [0, 0.05) is 15.8 Å². The molecule has 1 aromatic carbocycles. The summed E-state index contributed by atoms with van der Waals surface area (Å²) in [5.41, 5.74) is -0.111. The second-order valence-corrected chi connectivity index (χ2v) is 8.78. The van der Waals surface area contributed by atoms with E-state index in [2.05, 4.69) is 20.7 Å². The summed E-state index contributed by atoms with van der Waals surface area (Å²) in [6.45, 7) is 7.29. The van der Waals surface area contributed by atoms with Gasteiger partial charge in [0.15, 0.2) is 0 Å². The zero-order valence-corrected chi connectivity index (χ0v) is 14.5. The van der Waals surface area contributed by atoms with Crippen molar-refractivity contribution in [1.29, 1.82) is 0 Å². The van der Waals surface area contributed by atoms with Crippen LogP contribution in [-0.2, 0) is 21.7 Å². The topological polar surface area (TPSA) is 72.4 Å². The molecule has 0 unspecified atom stereocenters. The Morgan fingerprint density at radius 1 is 1.40 bits per heavy atom. The molecule has 1 rings (SSSR count). The molecule has 2 N–H and O–H groups in total. The van der Waals surface area contributed by atoms with E-state index in [1.807, 2.05) is 45.0 Å². The average molecular weight is 362 g/mol. The molecule has 0 fully saturated rings. The molecule has 0 spiro atoms. The maximum atomic E-state index is 12.3. The van der Waals surface area contributed by atoms with E-state index in [9.17, 15) is 9.35 Å². The molecule has 0 bridgehead atoms. The summed E-state index contributed by atoms with van der Waals surface area (Å²) >= 11 is 2.02. The predicted molar refractivity (Wildman–Crippen MR) is 84.8 cm³/mol. The van der Waals surface area contributed by atoms with Crippen LogP contribution in [0, 0.1) is 0 Å². The van der Waals surface area contributed by atoms with Crippen molar-refractivity contribution in [2.45, 2.75) is 44.4 Å². The van der Waals surface area contributed by atoms with E-state index in [1.54, 1.807) is 6.92 Å². The highest BCUT2D eigenvalue weighted by Gasteiger charge is 2.38. The van der Waals surface area contributed by atoms with Gasteiger partial charge in [-0.1, -0.05) is 28.1 Å². The maximum Gasteiger partial charge on any atom is 0.305 e. The number of benzene rings is 1. The molecular formula is C14H20BrNO3S. The molecule has 6 heteroatoms. The van der Waals surface area contributed by atoms with Crippen LogP contribution in [0.4, 0.5) is 0 Å². The van der Waals surface area contributed by atoms with Gasteiger partial charge < -0.3 is 9.66 Å². The number of carbonyl (C=O) groups is 1. The molecule has 0 aliphatic heterocycles. The third kappa shape index (κ3) is 4.77. The van der Waals surface area contributed by atoms with Gasteiger partial charge in [0.05, 0.1) is 12.0 Å². The molecule has 0 amide bonds. The first-order valence-electron chi connectivity index (χ1n) is 6.22. The fraction of sp³-hybridized carbons (Fsp3) is 0.500. The van der Waals surface area contributed by atoms with E-state index in [1.165, 1.54) is 0 Å². The van der Waals surface area contributed by atoms with Gasteiger partial charge in [-0.25, -0.2) is 0 Å². The van der Waals surface area contributed by atoms with E-state index < -0.39 is 27.6 Å². The van der Waals surface area contributed by atoms with E-state index in [0.717, 1.165) is 10.0 Å². The molecule has 1 aromatic rings. The van der Waals surface area contributed by atoms with Gasteiger partial charge in [0.25, 0.3) is 0 Å². The van der Waals surface area contributed by atoms with Crippen LogP contribution in [0.3, 0.4) is 0 Å². The van der Waals surface area contributed by atoms with E-state index in [4.69, 9.17) is 5.11 Å². The van der Waals surface area contributed by atoms with Crippen molar-refractivity contribution >= 4 is 33.3 Å². The molecule has 0 heterocycles. The Labute approximate surface area is 131 Å². The molecule has 0 aromatic heterocycles. The van der Waals surface area contributed by atoms with Crippen molar-refractivity contribution in [3.8, 4) is 0 Å². The Bertz CT molecular complexity index is 490. The van der Waals surface area contributed by atoms with Crippen LogP contribution in [-0.4, -0.2) is 20.4 Å². The number of halogens is 1. The van der Waals surface area contributed by atoms with Gasteiger partial charge in [0.1, 0.15) is 4.75 Å². The van der Waals surface area contributed by atoms with Crippen molar-refractivity contribution < 1.29 is 14.5 Å². The monoisotopic (exact) mass is 361 g/mol. The molecule has 4 nitrogen and oxygen atoms in total. The second kappa shape index (κ2) is 6.47. The summed E-state index contributed by atoms with van der Waals surface area (Å²) < 4.78 is 15.7. The van der Waals surface area contributed by atoms with Crippen LogP contribution < -0.4 is 4.72 Å². The Kier molecular flexibility index (Phi) is 5.66. The Morgan fingerprint density at radius 2 is 2.00 bits per heavy atom. The number of aliphatic carboxylic acids is 1. The molecule has 0 radical (unpaired) electrons. The number of hydrogen-bond acceptors (Lipinski definition) is 3. The Balaban J connectivity index is 3.13. The van der Waals surface area contributed by atoms with Crippen molar-refractivity contribution in [3.05, 3.63) is 34.3 Å². The van der Waals surface area contributed by atoms with Crippen molar-refractivity contribution in [2.24, 2.45) is 0 Å². The lowest BCUT2D eigenvalue weighted by atomic mass is 9.90. The first-order chi connectivity index (χ1) is 9.04. The fourth-order valence-electron chi connectivity index (χ4n) is 1.69. The highest BCUT2D eigenvalue weighted by atomic mass is 79.9. The molecular weight excluding hydrogens is 342 g/mol. The number of nitrogens with one attached hydrogen (secondary N) is 1.